The molecule has 25 heteroatoms. The molecular weight excluding hydrogens is 965 g/mol. The maximum absolute atomic E-state index is 12.3. The van der Waals surface area contributed by atoms with E-state index in [0.29, 0.717) is 25.3 Å². The predicted octanol–water partition coefficient (Wildman–Crippen LogP) is 1.15. The molecule has 1 rings (SSSR count). The minimum atomic E-state index is -1.45. The van der Waals surface area contributed by atoms with E-state index in [9.17, 15) is 63.3 Å². The summed E-state index contributed by atoms with van der Waals surface area (Å²) in [4.78, 5) is 119. The Hall–Kier alpha value is -6.44. The van der Waals surface area contributed by atoms with E-state index in [1.807, 2.05) is 6.92 Å². The lowest BCUT2D eigenvalue weighted by Crippen LogP contribution is -2.45. The zero-order chi connectivity index (χ0) is 54.1. The van der Waals surface area contributed by atoms with Gasteiger partial charge in [0.05, 0.1) is 51.8 Å². The van der Waals surface area contributed by atoms with Gasteiger partial charge in [-0.15, -0.1) is 0 Å². The number of hydrogen-bond acceptors (Lipinski definition) is 15. The highest BCUT2D eigenvalue weighted by Crippen LogP contribution is 2.14. The Bertz CT molecular complexity index is 1840. The molecule has 1 aromatic carbocycles. The Kier molecular flexibility index (Phi) is 36.3. The monoisotopic (exact) mass is 1040 g/mol. The van der Waals surface area contributed by atoms with Crippen LogP contribution < -0.4 is 36.6 Å². The van der Waals surface area contributed by atoms with Crippen molar-refractivity contribution in [3.8, 4) is 5.75 Å². The van der Waals surface area contributed by atoms with Gasteiger partial charge in [0, 0.05) is 45.3 Å². The van der Waals surface area contributed by atoms with E-state index in [1.54, 1.807) is 12.1 Å². The molecule has 1 unspecified atom stereocenters. The summed E-state index contributed by atoms with van der Waals surface area (Å²) in [5, 5.41) is 52.2. The SMILES string of the molecule is CCCCNC(=O)CC[C@H](NC(=O)CCC(NC(=O)COCCOCCNC(=O)COCCOCCNC(=O)CC[C@H](NC(=O)CCCCCCCCCOc1ccc(C(=O)O)cc1)C(=O)O)C(=O)O)C(=O)O. The molecule has 3 atom stereocenters. The van der Waals surface area contributed by atoms with Gasteiger partial charge in [0.15, 0.2) is 0 Å². The van der Waals surface area contributed by atoms with E-state index in [4.69, 9.17) is 28.8 Å². The van der Waals surface area contributed by atoms with Crippen LogP contribution in [0.3, 0.4) is 0 Å². The van der Waals surface area contributed by atoms with Crippen molar-refractivity contribution in [1.82, 2.24) is 31.9 Å². The number of aromatic carboxylic acids is 1. The van der Waals surface area contributed by atoms with Gasteiger partial charge in [0.1, 0.15) is 37.1 Å². The number of ether oxygens (including phenoxy) is 5. The van der Waals surface area contributed by atoms with E-state index in [0.717, 1.165) is 51.4 Å². The smallest absolute Gasteiger partial charge is 0.335 e. The Morgan fingerprint density at radius 1 is 0.425 bits per heavy atom. The molecule has 0 spiro atoms. The van der Waals surface area contributed by atoms with E-state index in [1.165, 1.54) is 12.1 Å². The van der Waals surface area contributed by atoms with Gasteiger partial charge in [-0.1, -0.05) is 45.4 Å². The summed E-state index contributed by atoms with van der Waals surface area (Å²) in [5.41, 5.74) is 0.202. The number of rotatable bonds is 46. The van der Waals surface area contributed by atoms with Crippen molar-refractivity contribution in [2.75, 3.05) is 79.1 Å². The molecule has 6 amide bonds. The normalized spacial score (nSPS) is 12.1. The third-order valence-corrected chi connectivity index (χ3v) is 10.5. The van der Waals surface area contributed by atoms with Crippen LogP contribution >= 0.6 is 0 Å². The summed E-state index contributed by atoms with van der Waals surface area (Å²) in [6.45, 7) is 2.97. The third-order valence-electron chi connectivity index (χ3n) is 10.5. The average Bonchev–Trinajstić information content (AvgIpc) is 3.34. The number of amides is 6. The number of carbonyl (C=O) groups is 10. The molecule has 412 valence electrons. The van der Waals surface area contributed by atoms with Crippen molar-refractivity contribution in [2.24, 2.45) is 0 Å². The molecule has 0 bridgehead atoms. The highest BCUT2D eigenvalue weighted by atomic mass is 16.5. The Morgan fingerprint density at radius 3 is 1.33 bits per heavy atom. The lowest BCUT2D eigenvalue weighted by Gasteiger charge is -2.17. The second-order valence-corrected chi connectivity index (χ2v) is 16.6. The van der Waals surface area contributed by atoms with Crippen molar-refractivity contribution >= 4 is 59.3 Å². The van der Waals surface area contributed by atoms with Crippen LogP contribution in [0.4, 0.5) is 0 Å². The number of carbonyl (C=O) groups excluding carboxylic acids is 6. The molecule has 0 fully saturated rings. The van der Waals surface area contributed by atoms with Crippen molar-refractivity contribution in [1.29, 1.82) is 0 Å². The van der Waals surface area contributed by atoms with Gasteiger partial charge in [0.2, 0.25) is 35.4 Å². The largest absolute Gasteiger partial charge is 0.494 e. The van der Waals surface area contributed by atoms with Gasteiger partial charge in [-0.25, -0.2) is 19.2 Å². The summed E-state index contributed by atoms with van der Waals surface area (Å²) in [6, 6.07) is 2.24. The van der Waals surface area contributed by atoms with Crippen LogP contribution in [0.25, 0.3) is 0 Å². The number of hydrogen-bond donors (Lipinski definition) is 10. The van der Waals surface area contributed by atoms with E-state index in [2.05, 4.69) is 31.9 Å². The first-order valence-corrected chi connectivity index (χ1v) is 24.7. The molecular formula is C48H76N6O19. The fourth-order valence-corrected chi connectivity index (χ4v) is 6.45. The van der Waals surface area contributed by atoms with Crippen molar-refractivity contribution in [2.45, 2.75) is 128 Å². The first-order valence-electron chi connectivity index (χ1n) is 24.7. The number of benzene rings is 1. The molecule has 25 nitrogen and oxygen atoms in total. The van der Waals surface area contributed by atoms with Crippen LogP contribution in [0.1, 0.15) is 120 Å². The van der Waals surface area contributed by atoms with Gasteiger partial charge >= 0.3 is 23.9 Å². The van der Waals surface area contributed by atoms with Gasteiger partial charge in [-0.05, 0) is 62.8 Å². The molecule has 73 heavy (non-hydrogen) atoms. The number of nitrogens with one attached hydrogen (secondary N) is 6. The van der Waals surface area contributed by atoms with Crippen LogP contribution in [0, 0.1) is 0 Å². The lowest BCUT2D eigenvalue weighted by molar-refractivity contribution is -0.144. The number of carboxylic acids is 4. The van der Waals surface area contributed by atoms with Gasteiger partial charge < -0.3 is 76.0 Å². The minimum absolute atomic E-state index is 0.0331. The van der Waals surface area contributed by atoms with Crippen molar-refractivity contribution in [3.63, 3.8) is 0 Å². The second-order valence-electron chi connectivity index (χ2n) is 16.6. The number of carboxylic acid groups (broad SMARTS) is 4. The van der Waals surface area contributed by atoms with Crippen LogP contribution in [-0.2, 0) is 62.1 Å². The molecule has 0 radical (unpaired) electrons. The quantitative estimate of drug-likeness (QED) is 0.0409. The Labute approximate surface area is 424 Å². The van der Waals surface area contributed by atoms with Crippen LogP contribution in [0.5, 0.6) is 5.75 Å². The average molecular weight is 1040 g/mol. The first kappa shape index (κ1) is 64.6. The lowest BCUT2D eigenvalue weighted by atomic mass is 10.1. The minimum Gasteiger partial charge on any atom is -0.494 e. The Balaban J connectivity index is 2.04. The second kappa shape index (κ2) is 41.1. The van der Waals surface area contributed by atoms with Gasteiger partial charge in [-0.3, -0.25) is 28.8 Å². The molecule has 0 aliphatic carbocycles. The Morgan fingerprint density at radius 2 is 0.836 bits per heavy atom. The molecule has 0 aliphatic rings. The standard InChI is InChI=1S/C48H76N6O19/c1-2-3-22-49-39(55)19-16-37(47(65)66)53-42(58)21-18-38(48(67)68)54-44(60)33-72-31-29-70-27-24-51-43(59)32-71-30-28-69-26-23-50-40(56)20-17-36(46(63)64)52-41(57)11-9-7-5-4-6-8-10-25-73-35-14-12-34(13-15-35)45(61)62/h12-15,36-38H,2-11,16-33H2,1H3,(H,49,55)(H,50,56)(H,51,59)(H,52,57)(H,53,58)(H,54,60)(H,61,62)(H,63,64)(H,65,66)(H,67,68)/t36-,37-,38?/m0/s1. The van der Waals surface area contributed by atoms with E-state index >= 15 is 0 Å². The number of unbranched alkanes of at least 4 members (excludes halogenated alkanes) is 7. The zero-order valence-corrected chi connectivity index (χ0v) is 41.8. The van der Waals surface area contributed by atoms with Gasteiger partial charge in [-0.2, -0.15) is 0 Å². The molecule has 0 aliphatic heterocycles. The predicted molar refractivity (Wildman–Crippen MR) is 259 cm³/mol. The summed E-state index contributed by atoms with van der Waals surface area (Å²) < 4.78 is 26.8. The summed E-state index contributed by atoms with van der Waals surface area (Å²) in [6.07, 6.45) is 6.78. The molecule has 0 aromatic heterocycles. The van der Waals surface area contributed by atoms with Crippen LogP contribution in [0.15, 0.2) is 24.3 Å². The van der Waals surface area contributed by atoms with E-state index in [-0.39, 0.29) is 109 Å². The highest BCUT2D eigenvalue weighted by Gasteiger charge is 2.25. The maximum atomic E-state index is 12.3. The molecule has 1 aromatic rings. The summed E-state index contributed by atoms with van der Waals surface area (Å²) in [5.74, 6) is -7.46. The zero-order valence-electron chi connectivity index (χ0n) is 41.8. The molecule has 0 saturated carbocycles. The highest BCUT2D eigenvalue weighted by molar-refractivity contribution is 5.88. The maximum Gasteiger partial charge on any atom is 0.335 e. The fourth-order valence-electron chi connectivity index (χ4n) is 6.45. The fraction of sp³-hybridized carbons (Fsp3) is 0.667. The molecule has 0 heterocycles. The first-order chi connectivity index (χ1) is 35.0. The topological polar surface area (TPSA) is 370 Å². The van der Waals surface area contributed by atoms with Crippen molar-refractivity contribution in [3.05, 3.63) is 29.8 Å². The van der Waals surface area contributed by atoms with Crippen LogP contribution in [0.2, 0.25) is 0 Å². The van der Waals surface area contributed by atoms with Gasteiger partial charge in [0.25, 0.3) is 0 Å². The summed E-state index contributed by atoms with van der Waals surface area (Å²) >= 11 is 0. The molecule has 10 N–H and O–H groups in total. The van der Waals surface area contributed by atoms with Crippen molar-refractivity contribution < 1.29 is 92.1 Å². The van der Waals surface area contributed by atoms with E-state index < -0.39 is 84.6 Å². The van der Waals surface area contributed by atoms with Crippen LogP contribution in [-0.4, -0.2) is 177 Å². The molecule has 0 saturated heterocycles. The third kappa shape index (κ3) is 35.3. The summed E-state index contributed by atoms with van der Waals surface area (Å²) in [7, 11) is 0. The number of aliphatic carboxylic acids is 3.